The average Bonchev–Trinajstić information content (AvgIpc) is 1.49. The van der Waals surface area contributed by atoms with Gasteiger partial charge in [-0.2, -0.15) is 0 Å². The van der Waals surface area contributed by atoms with E-state index in [1.54, 1.807) is 63.9 Å². The summed E-state index contributed by atoms with van der Waals surface area (Å²) >= 11 is 16.5. The molecule has 10 aromatic rings. The molecule has 1 N–H and O–H groups in total. The van der Waals surface area contributed by atoms with E-state index < -0.39 is 37.9 Å². The fourth-order valence-corrected chi connectivity index (χ4v) is 13.5. The van der Waals surface area contributed by atoms with Gasteiger partial charge in [-0.1, -0.05) is 129 Å². The fraction of sp³-hybridized carbons (Fsp3) is 0.257. The lowest BCUT2D eigenvalue weighted by Gasteiger charge is -2.37. The van der Waals surface area contributed by atoms with Gasteiger partial charge in [0, 0.05) is 28.6 Å². The third-order valence-electron chi connectivity index (χ3n) is 16.7. The van der Waals surface area contributed by atoms with Crippen molar-refractivity contribution in [1.29, 1.82) is 0 Å². The monoisotopic (exact) mass is 1340 g/mol. The molecule has 3 heterocycles. The number of carbonyl (C=O) groups is 1. The smallest absolute Gasteiger partial charge is 0.345 e. The lowest BCUT2D eigenvalue weighted by Crippen LogP contribution is -2.43. The standard InChI is InChI=1S/C74H73Cl2FN4O11SSi/c1-12-38-87-42-57(43-89-74(49-18-14-13-15-19-49,50-24-30-54(84-7)31-25-50)51-26-32-55(85-8)33-27-51)90-67-65(75)45(2)62(46(3)66(67)76)63-64-70(79-44-80-71(64)93-68(63)47-22-28-52(77)29-23-47)91-61(72(82)83)40-48-39-56(92-94(10,11)73(4,5)6)34-35-59(48)88-41-53-36-37-78-69(81-53)58-20-16-17-21-60(58)86-9/h12-37,39,44,57,61H,1,38,40-43H2,2-11H3,(H,82,83)/t57-,61?/m1/s1. The van der Waals surface area contributed by atoms with Crippen molar-refractivity contribution in [3.05, 3.63) is 232 Å². The molecule has 20 heteroatoms. The van der Waals surface area contributed by atoms with E-state index in [-0.39, 0.29) is 59.6 Å². The summed E-state index contributed by atoms with van der Waals surface area (Å²) in [6.45, 7) is 18.4. The van der Waals surface area contributed by atoms with Gasteiger partial charge >= 0.3 is 5.97 Å². The van der Waals surface area contributed by atoms with Crippen molar-refractivity contribution >= 4 is 59.0 Å². The van der Waals surface area contributed by atoms with Crippen molar-refractivity contribution in [2.24, 2.45) is 0 Å². The average molecular weight is 1340 g/mol. The van der Waals surface area contributed by atoms with Crippen LogP contribution < -0.4 is 32.8 Å². The van der Waals surface area contributed by atoms with Gasteiger partial charge in [0.2, 0.25) is 20.3 Å². The van der Waals surface area contributed by atoms with Crippen LogP contribution in [0.1, 0.15) is 59.8 Å². The molecular formula is C74H73Cl2FN4O11SSi. The number of halogens is 3. The number of carboxylic acids is 1. The molecule has 0 saturated carbocycles. The molecule has 7 aromatic carbocycles. The highest BCUT2D eigenvalue weighted by Crippen LogP contribution is 2.54. The van der Waals surface area contributed by atoms with E-state index in [2.05, 4.69) is 50.4 Å². The summed E-state index contributed by atoms with van der Waals surface area (Å²) in [6.07, 6.45) is 2.00. The number of para-hydroxylation sites is 1. The highest BCUT2D eigenvalue weighted by Gasteiger charge is 2.41. The number of thiophene rings is 1. The molecular weight excluding hydrogens is 1270 g/mol. The number of hydrogen-bond acceptors (Lipinski definition) is 15. The number of carboxylic acid groups (broad SMARTS) is 1. The van der Waals surface area contributed by atoms with Crippen LogP contribution >= 0.6 is 34.5 Å². The van der Waals surface area contributed by atoms with Gasteiger partial charge in [0.05, 0.1) is 67.8 Å². The molecule has 0 aliphatic heterocycles. The van der Waals surface area contributed by atoms with Crippen LogP contribution in [0, 0.1) is 19.7 Å². The Labute approximate surface area is 562 Å². The number of ether oxygens (including phenoxy) is 8. The minimum Gasteiger partial charge on any atom is -0.543 e. The van der Waals surface area contributed by atoms with Crippen LogP contribution in [0.25, 0.3) is 43.2 Å². The number of benzene rings is 7. The highest BCUT2D eigenvalue weighted by atomic mass is 35.5. The Kier molecular flexibility index (Phi) is 21.4. The zero-order valence-electron chi connectivity index (χ0n) is 53.9. The van der Waals surface area contributed by atoms with Crippen LogP contribution in [0.15, 0.2) is 177 Å². The maximum absolute atomic E-state index is 14.8. The Hall–Kier alpha value is -8.88. The van der Waals surface area contributed by atoms with Gasteiger partial charge < -0.3 is 47.4 Å². The summed E-state index contributed by atoms with van der Waals surface area (Å²) in [5, 5.41) is 11.8. The van der Waals surface area contributed by atoms with Crippen molar-refractivity contribution in [3.63, 3.8) is 0 Å². The molecule has 15 nitrogen and oxygen atoms in total. The Morgan fingerprint density at radius 2 is 1.35 bits per heavy atom. The molecule has 0 spiro atoms. The van der Waals surface area contributed by atoms with Crippen molar-refractivity contribution in [1.82, 2.24) is 19.9 Å². The molecule has 0 bridgehead atoms. The third kappa shape index (κ3) is 14.7. The predicted molar refractivity (Wildman–Crippen MR) is 370 cm³/mol. The second kappa shape index (κ2) is 29.6. The van der Waals surface area contributed by atoms with Crippen molar-refractivity contribution < 1.29 is 56.6 Å². The first kappa shape index (κ1) is 68.0. The van der Waals surface area contributed by atoms with Gasteiger partial charge in [0.15, 0.2) is 11.6 Å². The quantitative estimate of drug-likeness (QED) is 0.0212. The predicted octanol–water partition coefficient (Wildman–Crippen LogP) is 17.6. The maximum atomic E-state index is 14.8. The summed E-state index contributed by atoms with van der Waals surface area (Å²) in [5.41, 5.74) is 5.74. The molecule has 0 radical (unpaired) electrons. The van der Waals surface area contributed by atoms with Crippen LogP contribution in [-0.4, -0.2) is 92.7 Å². The molecule has 3 aromatic heterocycles. The molecule has 10 rings (SSSR count). The minimum atomic E-state index is -2.41. The molecule has 94 heavy (non-hydrogen) atoms. The van der Waals surface area contributed by atoms with Crippen LogP contribution in [0.2, 0.25) is 28.2 Å². The lowest BCUT2D eigenvalue weighted by molar-refractivity contribution is -0.145. The van der Waals surface area contributed by atoms with Gasteiger partial charge in [-0.15, -0.1) is 17.9 Å². The van der Waals surface area contributed by atoms with Gasteiger partial charge in [-0.3, -0.25) is 0 Å². The minimum absolute atomic E-state index is 0.00493. The van der Waals surface area contributed by atoms with Gasteiger partial charge in [0.1, 0.15) is 64.0 Å². The number of fused-ring (bicyclic) bond motifs is 1. The van der Waals surface area contributed by atoms with E-state index in [0.29, 0.717) is 94.3 Å². The molecule has 0 amide bonds. The third-order valence-corrected chi connectivity index (χ3v) is 23.1. The summed E-state index contributed by atoms with van der Waals surface area (Å²) in [4.78, 5) is 33.6. The molecule has 0 aliphatic rings. The summed E-state index contributed by atoms with van der Waals surface area (Å²) in [6, 6.07) is 46.0. The number of aliphatic carboxylic acids is 1. The normalized spacial score (nSPS) is 12.4. The van der Waals surface area contributed by atoms with E-state index >= 15 is 0 Å². The number of hydrogen-bond donors (Lipinski definition) is 1. The number of methoxy groups -OCH3 is 3. The van der Waals surface area contributed by atoms with Crippen LogP contribution in [0.3, 0.4) is 0 Å². The zero-order chi connectivity index (χ0) is 66.9. The number of nitrogens with zero attached hydrogens (tertiary/aromatic N) is 4. The highest BCUT2D eigenvalue weighted by molar-refractivity contribution is 7.22. The SMILES string of the molecule is C=CCOC[C@H](COC(c1ccccc1)(c1ccc(OC)cc1)c1ccc(OC)cc1)Oc1c(Cl)c(C)c(-c2c(-c3ccc(F)cc3)sc3ncnc(OC(Cc4cc(O[Si](C)(C)C(C)(C)C)ccc4OCc4ccnc(-c5ccccc5OC)n4)C(=O)O)c23)c(C)c1Cl. The maximum Gasteiger partial charge on any atom is 0.345 e. The first-order valence-corrected chi connectivity index (χ1v) is 34.8. The summed E-state index contributed by atoms with van der Waals surface area (Å²) in [5.74, 6) is 1.70. The Morgan fingerprint density at radius 3 is 1.97 bits per heavy atom. The summed E-state index contributed by atoms with van der Waals surface area (Å²) < 4.78 is 72.1. The van der Waals surface area contributed by atoms with Crippen molar-refractivity contribution in [2.45, 2.75) is 83.6 Å². The number of rotatable bonds is 28. The number of aromatic nitrogens is 4. The molecule has 1 unspecified atom stereocenters. The van der Waals surface area contributed by atoms with Crippen molar-refractivity contribution in [3.8, 4) is 73.3 Å². The first-order chi connectivity index (χ1) is 45.2. The van der Waals surface area contributed by atoms with Crippen LogP contribution in [-0.2, 0) is 32.9 Å². The largest absolute Gasteiger partial charge is 0.543 e. The molecule has 0 saturated heterocycles. The van der Waals surface area contributed by atoms with E-state index in [4.69, 9.17) is 75.5 Å². The topological polar surface area (TPSA) is 172 Å². The Morgan fingerprint density at radius 1 is 0.723 bits per heavy atom. The second-order valence-electron chi connectivity index (χ2n) is 23.8. The van der Waals surface area contributed by atoms with Crippen LogP contribution in [0.5, 0.6) is 40.4 Å². The van der Waals surface area contributed by atoms with Crippen LogP contribution in [0.4, 0.5) is 4.39 Å². The van der Waals surface area contributed by atoms with E-state index in [0.717, 1.165) is 16.7 Å². The zero-order valence-corrected chi connectivity index (χ0v) is 57.3. The van der Waals surface area contributed by atoms with Gasteiger partial charge in [-0.25, -0.2) is 29.1 Å². The molecule has 486 valence electrons. The van der Waals surface area contributed by atoms with Crippen molar-refractivity contribution in [2.75, 3.05) is 41.2 Å². The second-order valence-corrected chi connectivity index (χ2v) is 30.3. The Balaban J connectivity index is 1.04. The van der Waals surface area contributed by atoms with E-state index in [1.165, 1.54) is 29.8 Å². The van der Waals surface area contributed by atoms with Gasteiger partial charge in [0.25, 0.3) is 0 Å². The van der Waals surface area contributed by atoms with E-state index in [1.807, 2.05) is 123 Å². The molecule has 2 atom stereocenters. The first-order valence-electron chi connectivity index (χ1n) is 30.3. The Bertz CT molecular complexity index is 4230. The van der Waals surface area contributed by atoms with E-state index in [9.17, 15) is 14.3 Å². The summed E-state index contributed by atoms with van der Waals surface area (Å²) in [7, 11) is 2.41. The van der Waals surface area contributed by atoms with Gasteiger partial charge in [-0.05, 0) is 144 Å². The lowest BCUT2D eigenvalue weighted by atomic mass is 9.80. The molecule has 0 aliphatic carbocycles. The molecule has 0 fully saturated rings. The fourth-order valence-electron chi connectivity index (χ4n) is 10.8.